The highest BCUT2D eigenvalue weighted by atomic mass is 14.0. The van der Waals surface area contributed by atoms with Crippen LogP contribution in [-0.4, -0.2) is 0 Å². The minimum atomic E-state index is 1.17. The Hall–Kier alpha value is -0.520. The molecule has 1 aliphatic rings. The molecular weight excluding hydrogens is 276 g/mol. The quantitative estimate of drug-likeness (QED) is 0.236. The summed E-state index contributed by atoms with van der Waals surface area (Å²) in [7, 11) is 0. The Balaban J connectivity index is 1.66. The van der Waals surface area contributed by atoms with Gasteiger partial charge in [0, 0.05) is 0 Å². The highest BCUT2D eigenvalue weighted by Gasteiger charge is 1.98. The SMILES string of the molecule is CCCCCCCCCCCCCCCCCCC1=CCC=C1. The van der Waals surface area contributed by atoms with Gasteiger partial charge in [-0.3, -0.25) is 0 Å². The summed E-state index contributed by atoms with van der Waals surface area (Å²) < 4.78 is 0. The first kappa shape index (κ1) is 20.5. The molecular formula is C23H42. The van der Waals surface area contributed by atoms with Crippen LogP contribution in [0.2, 0.25) is 0 Å². The van der Waals surface area contributed by atoms with Crippen LogP contribution in [0.3, 0.4) is 0 Å². The monoisotopic (exact) mass is 318 g/mol. The Kier molecular flexibility index (Phi) is 14.6. The standard InChI is InChI=1S/C23H42/c1-2-3-4-5-6-7-8-9-10-11-12-13-14-15-16-17-20-23-21-18-19-22-23/h18,21-22H,2-17,19-20H2,1H3. The van der Waals surface area contributed by atoms with Crippen molar-refractivity contribution in [1.82, 2.24) is 0 Å². The second kappa shape index (κ2) is 16.3. The zero-order valence-corrected chi connectivity index (χ0v) is 16.0. The molecule has 0 aromatic heterocycles. The second-order valence-electron chi connectivity index (χ2n) is 7.47. The third kappa shape index (κ3) is 13.6. The van der Waals surface area contributed by atoms with Gasteiger partial charge in [0.1, 0.15) is 0 Å². The molecule has 0 N–H and O–H groups in total. The molecule has 134 valence electrons. The van der Waals surface area contributed by atoms with Crippen molar-refractivity contribution in [3.8, 4) is 0 Å². The van der Waals surface area contributed by atoms with Crippen LogP contribution in [0.25, 0.3) is 0 Å². The molecule has 1 aliphatic carbocycles. The van der Waals surface area contributed by atoms with Gasteiger partial charge in [-0.2, -0.15) is 0 Å². The minimum absolute atomic E-state index is 1.17. The number of rotatable bonds is 17. The minimum Gasteiger partial charge on any atom is -0.0805 e. The van der Waals surface area contributed by atoms with E-state index in [0.29, 0.717) is 0 Å². The summed E-state index contributed by atoms with van der Waals surface area (Å²) in [4.78, 5) is 0. The smallest absolute Gasteiger partial charge is 0.0160 e. The number of hydrogen-bond acceptors (Lipinski definition) is 0. The van der Waals surface area contributed by atoms with Crippen LogP contribution in [0, 0.1) is 0 Å². The first-order valence-corrected chi connectivity index (χ1v) is 10.8. The Bertz CT molecular complexity index is 297. The van der Waals surface area contributed by atoms with Crippen molar-refractivity contribution < 1.29 is 0 Å². The molecule has 0 saturated carbocycles. The molecule has 0 aromatic carbocycles. The molecule has 0 heteroatoms. The molecule has 0 unspecified atom stereocenters. The van der Waals surface area contributed by atoms with Crippen LogP contribution in [0.1, 0.15) is 122 Å². The average molecular weight is 319 g/mol. The van der Waals surface area contributed by atoms with Gasteiger partial charge >= 0.3 is 0 Å². The summed E-state index contributed by atoms with van der Waals surface area (Å²) in [5.41, 5.74) is 1.58. The number of unbranched alkanes of at least 4 members (excludes halogenated alkanes) is 15. The van der Waals surface area contributed by atoms with Gasteiger partial charge in [0.15, 0.2) is 0 Å². The summed E-state index contributed by atoms with van der Waals surface area (Å²) in [5.74, 6) is 0. The fourth-order valence-corrected chi connectivity index (χ4v) is 3.57. The molecule has 0 saturated heterocycles. The molecule has 0 nitrogen and oxygen atoms in total. The third-order valence-electron chi connectivity index (χ3n) is 5.17. The highest BCUT2D eigenvalue weighted by Crippen LogP contribution is 2.18. The maximum atomic E-state index is 2.38. The lowest BCUT2D eigenvalue weighted by Crippen LogP contribution is -1.84. The molecule has 0 spiro atoms. The maximum Gasteiger partial charge on any atom is -0.0160 e. The van der Waals surface area contributed by atoms with Crippen molar-refractivity contribution >= 4 is 0 Å². The van der Waals surface area contributed by atoms with Crippen molar-refractivity contribution in [2.45, 2.75) is 122 Å². The first-order chi connectivity index (χ1) is 11.4. The van der Waals surface area contributed by atoms with E-state index in [9.17, 15) is 0 Å². The molecule has 0 amide bonds. The molecule has 0 fully saturated rings. The summed E-state index contributed by atoms with van der Waals surface area (Å²) in [6, 6.07) is 0. The van der Waals surface area contributed by atoms with Gasteiger partial charge in [0.25, 0.3) is 0 Å². The zero-order valence-electron chi connectivity index (χ0n) is 16.0. The molecule has 0 atom stereocenters. The van der Waals surface area contributed by atoms with E-state index in [-0.39, 0.29) is 0 Å². The van der Waals surface area contributed by atoms with Crippen molar-refractivity contribution in [1.29, 1.82) is 0 Å². The van der Waals surface area contributed by atoms with Crippen molar-refractivity contribution in [3.05, 3.63) is 23.8 Å². The average Bonchev–Trinajstić information content (AvgIpc) is 3.08. The molecule has 23 heavy (non-hydrogen) atoms. The van der Waals surface area contributed by atoms with Crippen molar-refractivity contribution in [2.75, 3.05) is 0 Å². The lowest BCUT2D eigenvalue weighted by Gasteiger charge is -2.04. The van der Waals surface area contributed by atoms with Crippen molar-refractivity contribution in [3.63, 3.8) is 0 Å². The molecule has 0 aliphatic heterocycles. The number of allylic oxidation sites excluding steroid dienone is 4. The van der Waals surface area contributed by atoms with Crippen LogP contribution in [0.15, 0.2) is 23.8 Å². The van der Waals surface area contributed by atoms with Gasteiger partial charge in [-0.1, -0.05) is 127 Å². The van der Waals surface area contributed by atoms with E-state index in [1.54, 1.807) is 5.57 Å². The third-order valence-corrected chi connectivity index (χ3v) is 5.17. The Morgan fingerprint density at radius 2 is 1.04 bits per heavy atom. The van der Waals surface area contributed by atoms with Crippen LogP contribution in [0.4, 0.5) is 0 Å². The first-order valence-electron chi connectivity index (χ1n) is 10.8. The Morgan fingerprint density at radius 3 is 1.43 bits per heavy atom. The Labute approximate surface area is 146 Å². The summed E-state index contributed by atoms with van der Waals surface area (Å²) in [6.07, 6.45) is 32.8. The van der Waals surface area contributed by atoms with Crippen molar-refractivity contribution in [2.24, 2.45) is 0 Å². The fraction of sp³-hybridized carbons (Fsp3) is 0.826. The van der Waals surface area contributed by atoms with Gasteiger partial charge in [0.2, 0.25) is 0 Å². The second-order valence-corrected chi connectivity index (χ2v) is 7.47. The van der Waals surface area contributed by atoms with E-state index in [4.69, 9.17) is 0 Å². The van der Waals surface area contributed by atoms with E-state index in [0.717, 1.165) is 0 Å². The van der Waals surface area contributed by atoms with Crippen LogP contribution >= 0.6 is 0 Å². The summed E-state index contributed by atoms with van der Waals surface area (Å²) in [5, 5.41) is 0. The normalized spacial score (nSPS) is 13.7. The molecule has 0 aromatic rings. The van der Waals surface area contributed by atoms with E-state index in [1.807, 2.05) is 0 Å². The highest BCUT2D eigenvalue weighted by molar-refractivity contribution is 5.25. The maximum absolute atomic E-state index is 2.38. The van der Waals surface area contributed by atoms with E-state index >= 15 is 0 Å². The predicted molar refractivity (Wildman–Crippen MR) is 106 cm³/mol. The summed E-state index contributed by atoms with van der Waals surface area (Å²) in [6.45, 7) is 2.30. The van der Waals surface area contributed by atoms with E-state index in [2.05, 4.69) is 25.2 Å². The zero-order chi connectivity index (χ0) is 16.4. The summed E-state index contributed by atoms with van der Waals surface area (Å²) >= 11 is 0. The van der Waals surface area contributed by atoms with Crippen LogP contribution in [0.5, 0.6) is 0 Å². The predicted octanol–water partition coefficient (Wildman–Crippen LogP) is 8.52. The lowest BCUT2D eigenvalue weighted by molar-refractivity contribution is 0.529. The van der Waals surface area contributed by atoms with Gasteiger partial charge < -0.3 is 0 Å². The number of hydrogen-bond donors (Lipinski definition) is 0. The fourth-order valence-electron chi connectivity index (χ4n) is 3.57. The molecule has 0 radical (unpaired) electrons. The van der Waals surface area contributed by atoms with E-state index in [1.165, 1.54) is 116 Å². The van der Waals surface area contributed by atoms with Gasteiger partial charge in [0.05, 0.1) is 0 Å². The van der Waals surface area contributed by atoms with Gasteiger partial charge in [-0.15, -0.1) is 0 Å². The molecule has 1 rings (SSSR count). The topological polar surface area (TPSA) is 0 Å². The van der Waals surface area contributed by atoms with Gasteiger partial charge in [-0.05, 0) is 19.3 Å². The largest absolute Gasteiger partial charge is 0.0805 e. The molecule has 0 bridgehead atoms. The van der Waals surface area contributed by atoms with Crippen LogP contribution in [-0.2, 0) is 0 Å². The lowest BCUT2D eigenvalue weighted by atomic mass is 10.0. The molecule has 0 heterocycles. The van der Waals surface area contributed by atoms with Gasteiger partial charge in [-0.25, -0.2) is 0 Å². The Morgan fingerprint density at radius 1 is 0.609 bits per heavy atom. The van der Waals surface area contributed by atoms with Crippen LogP contribution < -0.4 is 0 Å². The van der Waals surface area contributed by atoms with E-state index < -0.39 is 0 Å².